The predicted molar refractivity (Wildman–Crippen MR) is 88.3 cm³/mol. The predicted octanol–water partition coefficient (Wildman–Crippen LogP) is 5.16. The molecule has 0 bridgehead atoms. The van der Waals surface area contributed by atoms with Crippen molar-refractivity contribution in [3.63, 3.8) is 0 Å². The number of aromatic nitrogens is 1. The monoisotopic (exact) mass is 294 g/mol. The largest absolute Gasteiger partial charge is 0.322 e. The molecular formula is C17H30N2S. The van der Waals surface area contributed by atoms with E-state index in [4.69, 9.17) is 10.7 Å². The molecule has 0 aromatic carbocycles. The molecule has 1 aromatic rings. The zero-order valence-electron chi connectivity index (χ0n) is 13.0. The van der Waals surface area contributed by atoms with Crippen LogP contribution in [0.2, 0.25) is 0 Å². The number of aryl methyl sites for hydroxylation is 2. The summed E-state index contributed by atoms with van der Waals surface area (Å²) in [5, 5.41) is 1.20. The maximum atomic E-state index is 6.32. The molecule has 0 saturated carbocycles. The Hall–Kier alpha value is -0.410. The van der Waals surface area contributed by atoms with E-state index < -0.39 is 0 Å². The second-order valence-corrected chi connectivity index (χ2v) is 7.26. The Morgan fingerprint density at radius 3 is 2.50 bits per heavy atom. The Labute approximate surface area is 128 Å². The highest BCUT2D eigenvalue weighted by molar-refractivity contribution is 7.11. The van der Waals surface area contributed by atoms with Crippen LogP contribution < -0.4 is 5.73 Å². The molecule has 1 aromatic heterocycles. The SMILES string of the molecule is CCCCCCCCCC(N)c1nc2c(s1)CCCC2. The van der Waals surface area contributed by atoms with E-state index in [1.807, 2.05) is 11.3 Å². The summed E-state index contributed by atoms with van der Waals surface area (Å²) in [5.41, 5.74) is 7.67. The highest BCUT2D eigenvalue weighted by Gasteiger charge is 2.18. The summed E-state index contributed by atoms with van der Waals surface area (Å²) >= 11 is 1.88. The molecule has 2 N–H and O–H groups in total. The van der Waals surface area contributed by atoms with Crippen LogP contribution in [0.5, 0.6) is 0 Å². The summed E-state index contributed by atoms with van der Waals surface area (Å²) in [5.74, 6) is 0. The average Bonchev–Trinajstić information content (AvgIpc) is 2.90. The third-order valence-electron chi connectivity index (χ3n) is 4.30. The Morgan fingerprint density at radius 2 is 1.75 bits per heavy atom. The number of thiazole rings is 1. The van der Waals surface area contributed by atoms with Crippen LogP contribution in [0.25, 0.3) is 0 Å². The average molecular weight is 295 g/mol. The van der Waals surface area contributed by atoms with Crippen molar-refractivity contribution in [3.05, 3.63) is 15.6 Å². The van der Waals surface area contributed by atoms with Gasteiger partial charge < -0.3 is 5.73 Å². The van der Waals surface area contributed by atoms with Crippen LogP contribution in [0, 0.1) is 0 Å². The van der Waals surface area contributed by atoms with Gasteiger partial charge in [0.1, 0.15) is 5.01 Å². The molecule has 0 saturated heterocycles. The van der Waals surface area contributed by atoms with Gasteiger partial charge in [-0.1, -0.05) is 51.9 Å². The van der Waals surface area contributed by atoms with E-state index in [0.29, 0.717) is 0 Å². The van der Waals surface area contributed by atoms with Crippen LogP contribution in [0.3, 0.4) is 0 Å². The van der Waals surface area contributed by atoms with E-state index in [2.05, 4.69) is 6.92 Å². The molecule has 3 heteroatoms. The summed E-state index contributed by atoms with van der Waals surface area (Å²) in [7, 11) is 0. The van der Waals surface area contributed by atoms with Crippen LogP contribution >= 0.6 is 11.3 Å². The van der Waals surface area contributed by atoms with Crippen molar-refractivity contribution in [3.8, 4) is 0 Å². The molecule has 2 nitrogen and oxygen atoms in total. The van der Waals surface area contributed by atoms with Gasteiger partial charge in [0.2, 0.25) is 0 Å². The minimum atomic E-state index is 0.182. The first-order valence-electron chi connectivity index (χ1n) is 8.55. The van der Waals surface area contributed by atoms with E-state index in [1.165, 1.54) is 86.2 Å². The fraction of sp³-hybridized carbons (Fsp3) is 0.824. The molecule has 0 spiro atoms. The smallest absolute Gasteiger partial charge is 0.110 e. The van der Waals surface area contributed by atoms with Gasteiger partial charge in [0.05, 0.1) is 11.7 Å². The minimum Gasteiger partial charge on any atom is -0.322 e. The molecule has 0 amide bonds. The minimum absolute atomic E-state index is 0.182. The van der Waals surface area contributed by atoms with Crippen LogP contribution in [0.15, 0.2) is 0 Å². The third kappa shape index (κ3) is 4.85. The molecule has 1 atom stereocenters. The maximum absolute atomic E-state index is 6.32. The molecule has 1 heterocycles. The number of nitrogens with two attached hydrogens (primary N) is 1. The summed E-state index contributed by atoms with van der Waals surface area (Å²) < 4.78 is 0. The zero-order valence-corrected chi connectivity index (χ0v) is 13.8. The lowest BCUT2D eigenvalue weighted by Crippen LogP contribution is -2.10. The Kier molecular flexibility index (Phi) is 7.01. The zero-order chi connectivity index (χ0) is 14.2. The Balaban J connectivity index is 1.64. The van der Waals surface area contributed by atoms with Crippen molar-refractivity contribution in [1.29, 1.82) is 0 Å². The van der Waals surface area contributed by atoms with Gasteiger partial charge in [0, 0.05) is 4.88 Å². The molecule has 1 unspecified atom stereocenters. The van der Waals surface area contributed by atoms with E-state index in [1.54, 1.807) is 0 Å². The first kappa shape index (κ1) is 16.0. The summed E-state index contributed by atoms with van der Waals surface area (Å²) in [6, 6.07) is 0.182. The normalized spacial score (nSPS) is 16.1. The van der Waals surface area contributed by atoms with E-state index in [-0.39, 0.29) is 6.04 Å². The van der Waals surface area contributed by atoms with Crippen molar-refractivity contribution >= 4 is 11.3 Å². The number of fused-ring (bicyclic) bond motifs is 1. The lowest BCUT2D eigenvalue weighted by molar-refractivity contribution is 0.539. The van der Waals surface area contributed by atoms with Gasteiger partial charge >= 0.3 is 0 Å². The lowest BCUT2D eigenvalue weighted by Gasteiger charge is -2.08. The Morgan fingerprint density at radius 1 is 1.05 bits per heavy atom. The number of rotatable bonds is 9. The van der Waals surface area contributed by atoms with Gasteiger partial charge in [-0.3, -0.25) is 0 Å². The molecular weight excluding hydrogens is 264 g/mol. The molecule has 2 rings (SSSR count). The van der Waals surface area contributed by atoms with E-state index in [0.717, 1.165) is 6.42 Å². The van der Waals surface area contributed by atoms with Gasteiger partial charge in [0.25, 0.3) is 0 Å². The quantitative estimate of drug-likeness (QED) is 0.639. The van der Waals surface area contributed by atoms with E-state index >= 15 is 0 Å². The highest BCUT2D eigenvalue weighted by atomic mass is 32.1. The summed E-state index contributed by atoms with van der Waals surface area (Å²) in [4.78, 5) is 6.30. The van der Waals surface area contributed by atoms with Crippen molar-refractivity contribution in [2.24, 2.45) is 5.73 Å². The van der Waals surface area contributed by atoms with E-state index in [9.17, 15) is 0 Å². The fourth-order valence-electron chi connectivity index (χ4n) is 2.98. The van der Waals surface area contributed by atoms with Gasteiger partial charge in [-0.15, -0.1) is 11.3 Å². The molecule has 114 valence electrons. The highest BCUT2D eigenvalue weighted by Crippen LogP contribution is 2.30. The lowest BCUT2D eigenvalue weighted by atomic mass is 10.0. The van der Waals surface area contributed by atoms with Crippen LogP contribution in [0.1, 0.15) is 92.8 Å². The van der Waals surface area contributed by atoms with Crippen molar-refractivity contribution in [1.82, 2.24) is 4.98 Å². The van der Waals surface area contributed by atoms with Crippen molar-refractivity contribution in [2.75, 3.05) is 0 Å². The third-order valence-corrected chi connectivity index (χ3v) is 5.59. The maximum Gasteiger partial charge on any atom is 0.110 e. The molecule has 0 aliphatic heterocycles. The van der Waals surface area contributed by atoms with Gasteiger partial charge in [-0.2, -0.15) is 0 Å². The standard InChI is InChI=1S/C17H30N2S/c1-2-3-4-5-6-7-8-11-14(18)17-19-15-12-9-10-13-16(15)20-17/h14H,2-13,18H2,1H3. The second-order valence-electron chi connectivity index (χ2n) is 6.15. The molecule has 0 radical (unpaired) electrons. The van der Waals surface area contributed by atoms with Gasteiger partial charge in [-0.05, 0) is 32.1 Å². The summed E-state index contributed by atoms with van der Waals surface area (Å²) in [6.07, 6.45) is 15.7. The van der Waals surface area contributed by atoms with Crippen molar-refractivity contribution in [2.45, 2.75) is 90.0 Å². The summed E-state index contributed by atoms with van der Waals surface area (Å²) in [6.45, 7) is 2.27. The van der Waals surface area contributed by atoms with Gasteiger partial charge in [0.15, 0.2) is 0 Å². The number of nitrogens with zero attached hydrogens (tertiary/aromatic N) is 1. The number of hydrogen-bond acceptors (Lipinski definition) is 3. The first-order chi connectivity index (χ1) is 9.81. The first-order valence-corrected chi connectivity index (χ1v) is 9.37. The van der Waals surface area contributed by atoms with Crippen LogP contribution in [-0.2, 0) is 12.8 Å². The molecule has 1 aliphatic carbocycles. The molecule has 0 fully saturated rings. The number of unbranched alkanes of at least 4 members (excludes halogenated alkanes) is 6. The van der Waals surface area contributed by atoms with Crippen LogP contribution in [0.4, 0.5) is 0 Å². The van der Waals surface area contributed by atoms with Gasteiger partial charge in [-0.25, -0.2) is 4.98 Å². The number of hydrogen-bond donors (Lipinski definition) is 1. The Bertz CT molecular complexity index is 363. The topological polar surface area (TPSA) is 38.9 Å². The molecule has 1 aliphatic rings. The van der Waals surface area contributed by atoms with Crippen molar-refractivity contribution < 1.29 is 0 Å². The van der Waals surface area contributed by atoms with Crippen LogP contribution in [-0.4, -0.2) is 4.98 Å². The fourth-order valence-corrected chi connectivity index (χ4v) is 4.16. The molecule has 20 heavy (non-hydrogen) atoms. The second kappa shape index (κ2) is 8.78.